The summed E-state index contributed by atoms with van der Waals surface area (Å²) < 4.78 is 28.2. The molecule has 4 nitrogen and oxygen atoms in total. The van der Waals surface area contributed by atoms with E-state index in [1.165, 1.54) is 0 Å². The molecule has 0 aromatic carbocycles. The Morgan fingerprint density at radius 2 is 1.33 bits per heavy atom. The first kappa shape index (κ1) is 22.6. The van der Waals surface area contributed by atoms with Gasteiger partial charge in [-0.25, -0.2) is 4.57 Å². The van der Waals surface area contributed by atoms with E-state index in [1.807, 2.05) is 0 Å². The number of halogens is 5. The lowest BCUT2D eigenvalue weighted by molar-refractivity contribution is 0.0718. The molecule has 0 radical (unpaired) electrons. The predicted octanol–water partition coefficient (Wildman–Crippen LogP) is 5.80. The van der Waals surface area contributed by atoms with Crippen LogP contribution in [-0.4, -0.2) is 35.4 Å². The third kappa shape index (κ3) is 8.28. The maximum absolute atomic E-state index is 12.6. The van der Waals surface area contributed by atoms with Gasteiger partial charge in [0.1, 0.15) is 11.1 Å². The van der Waals surface area contributed by atoms with Crippen LogP contribution in [0.3, 0.4) is 0 Å². The van der Waals surface area contributed by atoms with Crippen LogP contribution in [0.1, 0.15) is 26.7 Å². The Labute approximate surface area is 151 Å². The van der Waals surface area contributed by atoms with Gasteiger partial charge in [0.25, 0.3) is 0 Å². The van der Waals surface area contributed by atoms with Crippen molar-refractivity contribution < 1.29 is 18.1 Å². The molecule has 2 atom stereocenters. The van der Waals surface area contributed by atoms with Gasteiger partial charge in [-0.05, 0) is 12.8 Å². The maximum atomic E-state index is 12.6. The second kappa shape index (κ2) is 11.2. The summed E-state index contributed by atoms with van der Waals surface area (Å²) in [6.07, 6.45) is 0.839. The SMILES string of the molecule is CCC(Cl)OP(=O)(OCC(CCl)(CCl)CCl)OC(Cl)CC. The van der Waals surface area contributed by atoms with Gasteiger partial charge in [-0.2, -0.15) is 0 Å². The molecule has 0 rings (SSSR count). The zero-order valence-electron chi connectivity index (χ0n) is 11.9. The van der Waals surface area contributed by atoms with Crippen molar-refractivity contribution in [3.05, 3.63) is 0 Å². The molecule has 10 heteroatoms. The van der Waals surface area contributed by atoms with E-state index in [2.05, 4.69) is 0 Å². The van der Waals surface area contributed by atoms with Crippen LogP contribution in [0.4, 0.5) is 0 Å². The molecule has 21 heavy (non-hydrogen) atoms. The first-order valence-electron chi connectivity index (χ1n) is 6.37. The monoisotopic (exact) mass is 422 g/mol. The molecule has 0 aliphatic carbocycles. The summed E-state index contributed by atoms with van der Waals surface area (Å²) in [6.45, 7) is 3.43. The van der Waals surface area contributed by atoms with Gasteiger partial charge in [0, 0.05) is 23.1 Å². The number of hydrogen-bond donors (Lipinski definition) is 0. The number of hydrogen-bond acceptors (Lipinski definition) is 4. The van der Waals surface area contributed by atoms with Gasteiger partial charge in [-0.15, -0.1) is 34.8 Å². The van der Waals surface area contributed by atoms with Crippen molar-refractivity contribution in [1.29, 1.82) is 0 Å². The molecule has 0 aromatic rings. The van der Waals surface area contributed by atoms with Crippen molar-refractivity contribution in [2.24, 2.45) is 5.41 Å². The van der Waals surface area contributed by atoms with Crippen molar-refractivity contribution in [3.8, 4) is 0 Å². The van der Waals surface area contributed by atoms with Gasteiger partial charge < -0.3 is 0 Å². The summed E-state index contributed by atoms with van der Waals surface area (Å²) in [5, 5.41) is 0. The quantitative estimate of drug-likeness (QED) is 0.294. The zero-order chi connectivity index (χ0) is 16.5. The van der Waals surface area contributed by atoms with E-state index in [1.54, 1.807) is 13.8 Å². The highest BCUT2D eigenvalue weighted by Crippen LogP contribution is 2.54. The van der Waals surface area contributed by atoms with Crippen LogP contribution in [0.25, 0.3) is 0 Å². The van der Waals surface area contributed by atoms with Crippen molar-refractivity contribution in [3.63, 3.8) is 0 Å². The minimum absolute atomic E-state index is 0.0958. The van der Waals surface area contributed by atoms with Crippen molar-refractivity contribution in [2.45, 2.75) is 37.8 Å². The number of phosphoric acid groups is 1. The van der Waals surface area contributed by atoms with E-state index in [-0.39, 0.29) is 24.2 Å². The molecule has 0 bridgehead atoms. The average Bonchev–Trinajstić information content (AvgIpc) is 2.48. The van der Waals surface area contributed by atoms with Crippen LogP contribution in [0, 0.1) is 5.41 Å². The first-order chi connectivity index (χ1) is 9.80. The lowest BCUT2D eigenvalue weighted by atomic mass is 9.98. The van der Waals surface area contributed by atoms with Crippen LogP contribution in [0.15, 0.2) is 0 Å². The summed E-state index contributed by atoms with van der Waals surface area (Å²) in [5.74, 6) is 0.405. The Morgan fingerprint density at radius 3 is 1.62 bits per heavy atom. The third-order valence-electron chi connectivity index (χ3n) is 2.51. The number of phosphoric ester groups is 1. The van der Waals surface area contributed by atoms with E-state index in [0.717, 1.165) is 0 Å². The van der Waals surface area contributed by atoms with Crippen molar-refractivity contribution in [1.82, 2.24) is 0 Å². The van der Waals surface area contributed by atoms with Gasteiger partial charge in [-0.3, -0.25) is 13.6 Å². The normalized spacial score (nSPS) is 18.2. The second-order valence-corrected chi connectivity index (χ2v) is 7.82. The molecular weight excluding hydrogens is 404 g/mol. The molecule has 0 saturated carbocycles. The highest BCUT2D eigenvalue weighted by molar-refractivity contribution is 7.48. The molecule has 0 spiro atoms. The molecule has 0 N–H and O–H groups in total. The van der Waals surface area contributed by atoms with Crippen LogP contribution < -0.4 is 0 Å². The zero-order valence-corrected chi connectivity index (χ0v) is 16.5. The molecular formula is C11H20Cl5O4P. The van der Waals surface area contributed by atoms with Crippen LogP contribution in [0.2, 0.25) is 0 Å². The van der Waals surface area contributed by atoms with E-state index in [4.69, 9.17) is 71.6 Å². The van der Waals surface area contributed by atoms with Gasteiger partial charge in [0.05, 0.1) is 6.61 Å². The van der Waals surface area contributed by atoms with Gasteiger partial charge in [0.15, 0.2) is 0 Å². The second-order valence-electron chi connectivity index (χ2n) is 4.47. The summed E-state index contributed by atoms with van der Waals surface area (Å²) in [5.41, 5.74) is -2.39. The Balaban J connectivity index is 4.93. The largest absolute Gasteiger partial charge is 0.477 e. The van der Waals surface area contributed by atoms with Gasteiger partial charge >= 0.3 is 7.82 Å². The maximum Gasteiger partial charge on any atom is 0.477 e. The number of rotatable bonds is 12. The Hall–Kier alpha value is 1.56. The van der Waals surface area contributed by atoms with Gasteiger partial charge in [-0.1, -0.05) is 37.0 Å². The lowest BCUT2D eigenvalue weighted by Gasteiger charge is -2.29. The Morgan fingerprint density at radius 1 is 0.952 bits per heavy atom. The summed E-state index contributed by atoms with van der Waals surface area (Å²) in [7, 11) is -3.94. The highest BCUT2D eigenvalue weighted by atomic mass is 35.5. The van der Waals surface area contributed by atoms with E-state index in [9.17, 15) is 4.57 Å². The first-order valence-corrected chi connectivity index (χ1v) is 10.3. The molecule has 0 aliphatic heterocycles. The molecule has 0 fully saturated rings. The summed E-state index contributed by atoms with van der Waals surface area (Å²) in [6, 6.07) is 0. The van der Waals surface area contributed by atoms with Crippen molar-refractivity contribution in [2.75, 3.05) is 24.2 Å². The standard InChI is InChI=1S/C11H20Cl5O4P/c1-3-9(15)19-21(17,20-10(16)4-2)18-8-11(5-12,6-13)7-14/h9-10H,3-8H2,1-2H3. The minimum Gasteiger partial charge on any atom is -0.286 e. The average molecular weight is 425 g/mol. The van der Waals surface area contributed by atoms with E-state index in [0.29, 0.717) is 12.8 Å². The molecule has 0 aromatic heterocycles. The summed E-state index contributed by atoms with van der Waals surface area (Å²) >= 11 is 29.2. The fraction of sp³-hybridized carbons (Fsp3) is 1.00. The molecule has 128 valence electrons. The smallest absolute Gasteiger partial charge is 0.286 e. The highest BCUT2D eigenvalue weighted by Gasteiger charge is 2.37. The van der Waals surface area contributed by atoms with Gasteiger partial charge in [0.2, 0.25) is 0 Å². The minimum atomic E-state index is -3.94. The fourth-order valence-electron chi connectivity index (χ4n) is 0.954. The Kier molecular flexibility index (Phi) is 12.0. The van der Waals surface area contributed by atoms with Crippen molar-refractivity contribution >= 4 is 65.8 Å². The Bertz CT molecular complexity index is 305. The molecule has 0 aliphatic rings. The topological polar surface area (TPSA) is 44.8 Å². The molecule has 0 heterocycles. The molecule has 0 saturated heterocycles. The number of alkyl halides is 5. The third-order valence-corrected chi connectivity index (χ3v) is 6.72. The van der Waals surface area contributed by atoms with Crippen LogP contribution in [-0.2, 0) is 18.1 Å². The van der Waals surface area contributed by atoms with E-state index >= 15 is 0 Å². The van der Waals surface area contributed by atoms with Crippen LogP contribution >= 0.6 is 65.8 Å². The predicted molar refractivity (Wildman–Crippen MR) is 90.2 cm³/mol. The van der Waals surface area contributed by atoms with Crippen LogP contribution in [0.5, 0.6) is 0 Å². The fourth-order valence-corrected chi connectivity index (χ4v) is 4.09. The summed E-state index contributed by atoms with van der Waals surface area (Å²) in [4.78, 5) is 0. The molecule has 2 unspecified atom stereocenters. The lowest BCUT2D eigenvalue weighted by Crippen LogP contribution is -2.33. The van der Waals surface area contributed by atoms with E-state index < -0.39 is 24.4 Å². The molecule has 0 amide bonds.